The molecule has 7 heteroatoms. The Hall–Kier alpha value is -2.15. The van der Waals surface area contributed by atoms with Gasteiger partial charge in [0.05, 0.1) is 10.9 Å². The lowest BCUT2D eigenvalue weighted by atomic mass is 9.95. The molecule has 0 aromatic carbocycles. The number of fused-ring (bicyclic) bond motifs is 1. The van der Waals surface area contributed by atoms with Crippen molar-refractivity contribution in [2.75, 3.05) is 6.54 Å². The molecule has 1 atom stereocenters. The van der Waals surface area contributed by atoms with Crippen LogP contribution in [0.3, 0.4) is 0 Å². The number of nitrogens with zero attached hydrogens (tertiary/aromatic N) is 2. The highest BCUT2D eigenvalue weighted by Gasteiger charge is 2.41. The molecule has 136 valence electrons. The van der Waals surface area contributed by atoms with Gasteiger partial charge in [0.15, 0.2) is 5.65 Å². The second-order valence-corrected chi connectivity index (χ2v) is 7.44. The number of aromatic nitrogens is 3. The van der Waals surface area contributed by atoms with Crippen LogP contribution in [0.2, 0.25) is 0 Å². The van der Waals surface area contributed by atoms with E-state index in [9.17, 15) is 9.59 Å². The second kappa shape index (κ2) is 6.29. The third kappa shape index (κ3) is 3.20. The van der Waals surface area contributed by atoms with Crippen LogP contribution in [-0.4, -0.2) is 32.8 Å². The minimum absolute atomic E-state index is 0.000665. The van der Waals surface area contributed by atoms with Crippen LogP contribution >= 0.6 is 0 Å². The Labute approximate surface area is 147 Å². The van der Waals surface area contributed by atoms with Crippen molar-refractivity contribution in [1.29, 1.82) is 0 Å². The van der Waals surface area contributed by atoms with Gasteiger partial charge < -0.3 is 11.1 Å². The number of carbonyl (C=O) groups is 1. The van der Waals surface area contributed by atoms with E-state index in [0.717, 1.165) is 29.7 Å². The van der Waals surface area contributed by atoms with E-state index < -0.39 is 0 Å². The Kier molecular flexibility index (Phi) is 4.45. The van der Waals surface area contributed by atoms with Crippen molar-refractivity contribution in [3.63, 3.8) is 0 Å². The van der Waals surface area contributed by atoms with Gasteiger partial charge in [-0.05, 0) is 57.1 Å². The largest absolute Gasteiger partial charge is 0.349 e. The van der Waals surface area contributed by atoms with E-state index in [4.69, 9.17) is 5.73 Å². The summed E-state index contributed by atoms with van der Waals surface area (Å²) in [5.74, 6) is 0.492. The number of nitrogens with two attached hydrogens (primary N) is 1. The van der Waals surface area contributed by atoms with Gasteiger partial charge in [-0.1, -0.05) is 0 Å². The fourth-order valence-electron chi connectivity index (χ4n) is 3.68. The van der Waals surface area contributed by atoms with Gasteiger partial charge >= 0.3 is 0 Å². The minimum atomic E-state index is -0.306. The number of H-pyrrole nitrogens is 1. The number of aromatic amines is 1. The lowest BCUT2D eigenvalue weighted by molar-refractivity contribution is -0.123. The van der Waals surface area contributed by atoms with Crippen molar-refractivity contribution < 1.29 is 4.79 Å². The van der Waals surface area contributed by atoms with E-state index in [-0.39, 0.29) is 17.0 Å². The molecule has 1 fully saturated rings. The molecule has 3 rings (SSSR count). The Bertz CT molecular complexity index is 878. The Morgan fingerprint density at radius 1 is 1.44 bits per heavy atom. The Morgan fingerprint density at radius 3 is 2.72 bits per heavy atom. The zero-order valence-electron chi connectivity index (χ0n) is 15.4. The fourth-order valence-corrected chi connectivity index (χ4v) is 3.68. The molecule has 1 saturated carbocycles. The zero-order valence-corrected chi connectivity index (χ0v) is 15.4. The topological polar surface area (TPSA) is 106 Å². The number of aryl methyl sites for hydroxylation is 3. The molecule has 0 saturated heterocycles. The van der Waals surface area contributed by atoms with Crippen molar-refractivity contribution >= 4 is 16.9 Å². The molecular weight excluding hydrogens is 318 g/mol. The van der Waals surface area contributed by atoms with Crippen molar-refractivity contribution in [3.05, 3.63) is 27.2 Å². The molecule has 25 heavy (non-hydrogen) atoms. The monoisotopic (exact) mass is 345 g/mol. The van der Waals surface area contributed by atoms with Crippen LogP contribution in [-0.2, 0) is 18.3 Å². The molecule has 1 unspecified atom stereocenters. The van der Waals surface area contributed by atoms with Gasteiger partial charge in [0.25, 0.3) is 5.56 Å². The molecule has 0 aliphatic heterocycles. The molecule has 1 amide bonds. The molecule has 7 nitrogen and oxygen atoms in total. The summed E-state index contributed by atoms with van der Waals surface area (Å²) in [5.41, 5.74) is 8.81. The zero-order chi connectivity index (χ0) is 18.4. The van der Waals surface area contributed by atoms with Crippen LogP contribution in [0.25, 0.3) is 11.0 Å². The van der Waals surface area contributed by atoms with E-state index in [1.54, 1.807) is 11.7 Å². The average molecular weight is 345 g/mol. The van der Waals surface area contributed by atoms with Gasteiger partial charge in [-0.2, -0.15) is 0 Å². The van der Waals surface area contributed by atoms with Gasteiger partial charge in [0.1, 0.15) is 0 Å². The first-order valence-corrected chi connectivity index (χ1v) is 8.82. The first-order valence-electron chi connectivity index (χ1n) is 8.82. The number of amides is 1. The summed E-state index contributed by atoms with van der Waals surface area (Å²) in [6, 6.07) is 0. The van der Waals surface area contributed by atoms with Crippen LogP contribution in [0.4, 0.5) is 0 Å². The highest BCUT2D eigenvalue weighted by molar-refractivity contribution is 5.81. The summed E-state index contributed by atoms with van der Waals surface area (Å²) in [5, 5.41) is 6.45. The van der Waals surface area contributed by atoms with Gasteiger partial charge in [-0.15, -0.1) is 0 Å². The number of pyridine rings is 1. The van der Waals surface area contributed by atoms with Gasteiger partial charge in [0, 0.05) is 25.7 Å². The summed E-state index contributed by atoms with van der Waals surface area (Å²) >= 11 is 0. The van der Waals surface area contributed by atoms with Crippen LogP contribution < -0.4 is 16.6 Å². The number of hydrogen-bond acceptors (Lipinski definition) is 4. The second-order valence-electron chi connectivity index (χ2n) is 7.44. The maximum absolute atomic E-state index is 12.4. The Morgan fingerprint density at radius 2 is 2.12 bits per heavy atom. The maximum Gasteiger partial charge on any atom is 0.273 e. The van der Waals surface area contributed by atoms with Gasteiger partial charge in [0.2, 0.25) is 5.91 Å². The SMILES string of the molecule is Cc1nc2c(c(C)c1CCC(=O)NC(C)(CN)C1CC1)c(=O)[nH]n2C. The van der Waals surface area contributed by atoms with Gasteiger partial charge in [-0.3, -0.25) is 19.4 Å². The molecule has 0 radical (unpaired) electrons. The van der Waals surface area contributed by atoms with E-state index in [2.05, 4.69) is 15.4 Å². The quantitative estimate of drug-likeness (QED) is 0.728. The van der Waals surface area contributed by atoms with E-state index in [1.807, 2.05) is 20.8 Å². The van der Waals surface area contributed by atoms with E-state index >= 15 is 0 Å². The molecule has 4 N–H and O–H groups in total. The number of carbonyl (C=O) groups excluding carboxylic acids is 1. The summed E-state index contributed by atoms with van der Waals surface area (Å²) in [7, 11) is 1.77. The third-order valence-corrected chi connectivity index (χ3v) is 5.51. The van der Waals surface area contributed by atoms with E-state index in [0.29, 0.717) is 36.3 Å². The molecule has 2 aromatic heterocycles. The summed E-state index contributed by atoms with van der Waals surface area (Å²) < 4.78 is 1.64. The molecule has 0 bridgehead atoms. The maximum atomic E-state index is 12.4. The lowest BCUT2D eigenvalue weighted by Gasteiger charge is -2.29. The van der Waals surface area contributed by atoms with Crippen LogP contribution in [0.15, 0.2) is 4.79 Å². The summed E-state index contributed by atoms with van der Waals surface area (Å²) in [6.07, 6.45) is 3.18. The van der Waals surface area contributed by atoms with Crippen molar-refractivity contribution in [3.8, 4) is 0 Å². The third-order valence-electron chi connectivity index (χ3n) is 5.51. The molecular formula is C18H27N5O2. The van der Waals surface area contributed by atoms with Crippen LogP contribution in [0.1, 0.15) is 43.0 Å². The number of rotatable bonds is 6. The standard InChI is InChI=1S/C18H27N5O2/c1-10-13(11(2)20-16-15(10)17(25)22-23(16)4)7-8-14(24)21-18(3,9-19)12-5-6-12/h12H,5-9,19H2,1-4H3,(H,21,24)(H,22,25). The number of nitrogens with one attached hydrogen (secondary N) is 2. The molecule has 0 spiro atoms. The normalized spacial score (nSPS) is 16.8. The smallest absolute Gasteiger partial charge is 0.273 e. The van der Waals surface area contributed by atoms with E-state index in [1.165, 1.54) is 0 Å². The molecule has 2 aromatic rings. The van der Waals surface area contributed by atoms with Gasteiger partial charge in [-0.25, -0.2) is 4.98 Å². The highest BCUT2D eigenvalue weighted by atomic mass is 16.1. The average Bonchev–Trinajstić information content (AvgIpc) is 3.35. The predicted molar refractivity (Wildman–Crippen MR) is 97.5 cm³/mol. The van der Waals surface area contributed by atoms with Crippen molar-refractivity contribution in [2.24, 2.45) is 18.7 Å². The number of hydrogen-bond donors (Lipinski definition) is 3. The lowest BCUT2D eigenvalue weighted by Crippen LogP contribution is -2.53. The van der Waals surface area contributed by atoms with Crippen LogP contribution in [0.5, 0.6) is 0 Å². The van der Waals surface area contributed by atoms with Crippen molar-refractivity contribution in [2.45, 2.75) is 52.0 Å². The first kappa shape index (κ1) is 17.7. The van der Waals surface area contributed by atoms with Crippen molar-refractivity contribution in [1.82, 2.24) is 20.1 Å². The first-order chi connectivity index (χ1) is 11.8. The molecule has 2 heterocycles. The fraction of sp³-hybridized carbons (Fsp3) is 0.611. The minimum Gasteiger partial charge on any atom is -0.349 e. The molecule has 1 aliphatic rings. The summed E-state index contributed by atoms with van der Waals surface area (Å²) in [4.78, 5) is 29.1. The highest BCUT2D eigenvalue weighted by Crippen LogP contribution is 2.39. The molecule has 1 aliphatic carbocycles. The summed E-state index contributed by atoms with van der Waals surface area (Å²) in [6.45, 7) is 6.32. The Balaban J connectivity index is 1.78. The predicted octanol–water partition coefficient (Wildman–Crippen LogP) is 1.05. The van der Waals surface area contributed by atoms with Crippen LogP contribution in [0, 0.1) is 19.8 Å².